The Morgan fingerprint density at radius 3 is 2.69 bits per heavy atom. The second-order valence-corrected chi connectivity index (χ2v) is 7.59. The van der Waals surface area contributed by atoms with Crippen molar-refractivity contribution in [2.75, 3.05) is 0 Å². The lowest BCUT2D eigenvalue weighted by atomic mass is 10.1. The van der Waals surface area contributed by atoms with Crippen LogP contribution in [0.2, 0.25) is 0 Å². The lowest BCUT2D eigenvalue weighted by Crippen LogP contribution is -2.25. The molecule has 0 atom stereocenters. The Hall–Kier alpha value is -3.25. The molecule has 4 aromatic rings. The molecule has 0 aliphatic rings. The van der Waals surface area contributed by atoms with Crippen LogP contribution >= 0.6 is 11.3 Å². The van der Waals surface area contributed by atoms with Crippen LogP contribution in [0.5, 0.6) is 0 Å². The average Bonchev–Trinajstić information content (AvgIpc) is 3.45. The molecule has 0 radical (unpaired) electrons. The number of amides is 1. The lowest BCUT2D eigenvalue weighted by molar-refractivity contribution is -0.120. The molecule has 6 heteroatoms. The van der Waals surface area contributed by atoms with E-state index in [-0.39, 0.29) is 12.3 Å². The highest BCUT2D eigenvalue weighted by molar-refractivity contribution is 7.13. The molecule has 5 nitrogen and oxygen atoms in total. The molecule has 2 aromatic carbocycles. The van der Waals surface area contributed by atoms with E-state index in [4.69, 9.17) is 0 Å². The summed E-state index contributed by atoms with van der Waals surface area (Å²) in [4.78, 5) is 17.1. The second-order valence-electron chi connectivity index (χ2n) is 6.73. The van der Waals surface area contributed by atoms with Crippen LogP contribution in [0.4, 0.5) is 0 Å². The van der Waals surface area contributed by atoms with Crippen molar-refractivity contribution in [1.29, 1.82) is 0 Å². The minimum Gasteiger partial charge on any atom is -0.352 e. The van der Waals surface area contributed by atoms with Crippen molar-refractivity contribution in [1.82, 2.24) is 20.1 Å². The molecule has 0 aliphatic carbocycles. The number of carbonyl (C=O) groups is 1. The van der Waals surface area contributed by atoms with Crippen molar-refractivity contribution >= 4 is 17.2 Å². The Kier molecular flexibility index (Phi) is 5.81. The van der Waals surface area contributed by atoms with E-state index in [9.17, 15) is 4.79 Å². The van der Waals surface area contributed by atoms with Gasteiger partial charge in [0.25, 0.3) is 0 Å². The second kappa shape index (κ2) is 8.84. The molecule has 0 bridgehead atoms. The summed E-state index contributed by atoms with van der Waals surface area (Å²) in [6.45, 7) is 2.59. The van der Waals surface area contributed by atoms with Crippen molar-refractivity contribution in [3.63, 3.8) is 0 Å². The Morgan fingerprint density at radius 1 is 1.10 bits per heavy atom. The first-order valence-electron chi connectivity index (χ1n) is 9.61. The SMILES string of the molecule is CCc1ccc(-c2nc(CC(=O)NCc3ccccc3-n3cccn3)cs2)cc1. The summed E-state index contributed by atoms with van der Waals surface area (Å²) >= 11 is 1.57. The van der Waals surface area contributed by atoms with Crippen molar-refractivity contribution in [2.24, 2.45) is 0 Å². The van der Waals surface area contributed by atoms with Gasteiger partial charge in [-0.05, 0) is 29.7 Å². The summed E-state index contributed by atoms with van der Waals surface area (Å²) in [7, 11) is 0. The summed E-state index contributed by atoms with van der Waals surface area (Å²) in [5, 5.41) is 10.2. The third-order valence-corrected chi connectivity index (χ3v) is 5.66. The van der Waals surface area contributed by atoms with Gasteiger partial charge in [0.15, 0.2) is 0 Å². The molecule has 0 aliphatic heterocycles. The fraction of sp³-hybridized carbons (Fsp3) is 0.174. The molecular formula is C23H22N4OS. The number of para-hydroxylation sites is 1. The van der Waals surface area contributed by atoms with Crippen LogP contribution in [0, 0.1) is 0 Å². The Labute approximate surface area is 174 Å². The Balaban J connectivity index is 1.38. The third kappa shape index (κ3) is 4.60. The van der Waals surface area contributed by atoms with Crippen LogP contribution in [-0.4, -0.2) is 20.7 Å². The van der Waals surface area contributed by atoms with Gasteiger partial charge in [0.05, 0.1) is 17.8 Å². The Bertz CT molecular complexity index is 1080. The highest BCUT2D eigenvalue weighted by Crippen LogP contribution is 2.24. The van der Waals surface area contributed by atoms with Gasteiger partial charge in [0.2, 0.25) is 5.91 Å². The van der Waals surface area contributed by atoms with E-state index >= 15 is 0 Å². The molecule has 2 aromatic heterocycles. The summed E-state index contributed by atoms with van der Waals surface area (Å²) in [6.07, 6.45) is 4.93. The van der Waals surface area contributed by atoms with E-state index in [1.54, 1.807) is 22.2 Å². The molecular weight excluding hydrogens is 380 g/mol. The van der Waals surface area contributed by atoms with Crippen LogP contribution < -0.4 is 5.32 Å². The van der Waals surface area contributed by atoms with Gasteiger partial charge in [0.1, 0.15) is 5.01 Å². The largest absolute Gasteiger partial charge is 0.352 e. The van der Waals surface area contributed by atoms with Crippen molar-refractivity contribution in [2.45, 2.75) is 26.3 Å². The number of nitrogens with one attached hydrogen (secondary N) is 1. The van der Waals surface area contributed by atoms with Gasteiger partial charge in [-0.3, -0.25) is 4.79 Å². The number of rotatable bonds is 7. The van der Waals surface area contributed by atoms with E-state index < -0.39 is 0 Å². The monoisotopic (exact) mass is 402 g/mol. The van der Waals surface area contributed by atoms with Crippen LogP contribution in [0.15, 0.2) is 72.4 Å². The molecule has 1 amide bonds. The fourth-order valence-electron chi connectivity index (χ4n) is 3.12. The summed E-state index contributed by atoms with van der Waals surface area (Å²) in [5.74, 6) is -0.0431. The number of aromatic nitrogens is 3. The van der Waals surface area contributed by atoms with Gasteiger partial charge >= 0.3 is 0 Å². The van der Waals surface area contributed by atoms with E-state index in [1.807, 2.05) is 41.9 Å². The molecule has 0 spiro atoms. The van der Waals surface area contributed by atoms with Crippen LogP contribution in [-0.2, 0) is 24.2 Å². The quantitative estimate of drug-likeness (QED) is 0.498. The number of benzene rings is 2. The smallest absolute Gasteiger partial charge is 0.226 e. The fourth-order valence-corrected chi connectivity index (χ4v) is 3.95. The number of thiazole rings is 1. The zero-order valence-corrected chi connectivity index (χ0v) is 17.0. The van der Waals surface area contributed by atoms with Crippen molar-refractivity contribution in [3.05, 3.63) is 89.2 Å². The lowest BCUT2D eigenvalue weighted by Gasteiger charge is -2.10. The van der Waals surface area contributed by atoms with E-state index in [0.29, 0.717) is 6.54 Å². The zero-order valence-electron chi connectivity index (χ0n) is 16.2. The minimum atomic E-state index is -0.0431. The maximum absolute atomic E-state index is 12.4. The van der Waals surface area contributed by atoms with Gasteiger partial charge in [0, 0.05) is 29.9 Å². The normalized spacial score (nSPS) is 10.8. The van der Waals surface area contributed by atoms with Gasteiger partial charge in [-0.1, -0.05) is 49.4 Å². The van der Waals surface area contributed by atoms with Crippen molar-refractivity contribution in [3.8, 4) is 16.3 Å². The molecule has 146 valence electrons. The van der Waals surface area contributed by atoms with Crippen molar-refractivity contribution < 1.29 is 4.79 Å². The molecule has 0 unspecified atom stereocenters. The first kappa shape index (κ1) is 19.1. The molecule has 29 heavy (non-hydrogen) atoms. The molecule has 1 N–H and O–H groups in total. The predicted molar refractivity (Wildman–Crippen MR) is 116 cm³/mol. The van der Waals surface area contributed by atoms with Crippen LogP contribution in [0.1, 0.15) is 23.7 Å². The van der Waals surface area contributed by atoms with Gasteiger partial charge in [-0.2, -0.15) is 5.10 Å². The number of hydrogen-bond donors (Lipinski definition) is 1. The Morgan fingerprint density at radius 2 is 1.93 bits per heavy atom. The summed E-state index contributed by atoms with van der Waals surface area (Å²) in [6, 6.07) is 18.2. The summed E-state index contributed by atoms with van der Waals surface area (Å²) in [5.41, 5.74) is 5.17. The highest BCUT2D eigenvalue weighted by Gasteiger charge is 2.11. The third-order valence-electron chi connectivity index (χ3n) is 4.72. The van der Waals surface area contributed by atoms with Crippen LogP contribution in [0.25, 0.3) is 16.3 Å². The molecule has 0 saturated heterocycles. The van der Waals surface area contributed by atoms with E-state index in [1.165, 1.54) is 5.56 Å². The molecule has 4 rings (SSSR count). The first-order valence-corrected chi connectivity index (χ1v) is 10.5. The number of nitrogens with zero attached hydrogens (tertiary/aromatic N) is 3. The molecule has 2 heterocycles. The standard InChI is InChI=1S/C23H22N4OS/c1-2-17-8-10-18(11-9-17)23-26-20(16-29-23)14-22(28)24-15-19-6-3-4-7-21(19)27-13-5-12-25-27/h3-13,16H,2,14-15H2,1H3,(H,24,28). The van der Waals surface area contributed by atoms with E-state index in [0.717, 1.165) is 33.9 Å². The average molecular weight is 403 g/mol. The number of hydrogen-bond acceptors (Lipinski definition) is 4. The summed E-state index contributed by atoms with van der Waals surface area (Å²) < 4.78 is 1.80. The highest BCUT2D eigenvalue weighted by atomic mass is 32.1. The molecule has 0 saturated carbocycles. The van der Waals surface area contributed by atoms with Gasteiger partial charge in [-0.25, -0.2) is 9.67 Å². The van der Waals surface area contributed by atoms with E-state index in [2.05, 4.69) is 46.6 Å². The van der Waals surface area contributed by atoms with Gasteiger partial charge in [-0.15, -0.1) is 11.3 Å². The number of carbonyl (C=O) groups excluding carboxylic acids is 1. The van der Waals surface area contributed by atoms with Gasteiger partial charge < -0.3 is 5.32 Å². The first-order chi connectivity index (χ1) is 14.2. The maximum Gasteiger partial charge on any atom is 0.226 e. The predicted octanol–water partition coefficient (Wildman–Crippen LogP) is 4.42. The van der Waals surface area contributed by atoms with Crippen LogP contribution in [0.3, 0.4) is 0 Å². The minimum absolute atomic E-state index is 0.0431. The molecule has 0 fully saturated rings. The topological polar surface area (TPSA) is 59.8 Å². The zero-order chi connectivity index (χ0) is 20.1. The maximum atomic E-state index is 12.4. The number of aryl methyl sites for hydroxylation is 1.